The van der Waals surface area contributed by atoms with E-state index in [0.717, 1.165) is 34.9 Å². The average molecular weight is 463 g/mol. The monoisotopic (exact) mass is 462 g/mol. The highest BCUT2D eigenvalue weighted by Crippen LogP contribution is 2.38. The van der Waals surface area contributed by atoms with Gasteiger partial charge in [0.2, 0.25) is 5.91 Å². The van der Waals surface area contributed by atoms with Crippen LogP contribution in [0.15, 0.2) is 59.8 Å². The number of hydrogen-bond acceptors (Lipinski definition) is 4. The fourth-order valence-electron chi connectivity index (χ4n) is 4.31. The molecule has 1 amide bonds. The number of amides is 1. The summed E-state index contributed by atoms with van der Waals surface area (Å²) in [5, 5.41) is 12.8. The van der Waals surface area contributed by atoms with E-state index in [9.17, 15) is 4.79 Å². The SMILES string of the molecule is C[C@H](Sc1nnc(-c2ccc(C(C)(C)C)cc2)n1C1CCCC1)C(=O)NCc1ccccc1. The molecule has 1 aliphatic rings. The van der Waals surface area contributed by atoms with Crippen molar-refractivity contribution in [1.29, 1.82) is 0 Å². The summed E-state index contributed by atoms with van der Waals surface area (Å²) in [7, 11) is 0. The Bertz CT molecular complexity index is 1060. The molecular formula is C27H34N4OS. The van der Waals surface area contributed by atoms with E-state index in [4.69, 9.17) is 0 Å². The van der Waals surface area contributed by atoms with E-state index < -0.39 is 0 Å². The molecule has 4 rings (SSSR count). The highest BCUT2D eigenvalue weighted by Gasteiger charge is 2.27. The van der Waals surface area contributed by atoms with E-state index in [-0.39, 0.29) is 16.6 Å². The Kier molecular flexibility index (Phi) is 7.23. The molecule has 1 heterocycles. The maximum Gasteiger partial charge on any atom is 0.233 e. The number of rotatable bonds is 7. The Morgan fingerprint density at radius 3 is 2.36 bits per heavy atom. The van der Waals surface area contributed by atoms with Crippen LogP contribution < -0.4 is 5.32 Å². The molecule has 1 N–H and O–H groups in total. The van der Waals surface area contributed by atoms with Gasteiger partial charge in [0, 0.05) is 18.2 Å². The third kappa shape index (κ3) is 5.67. The topological polar surface area (TPSA) is 59.8 Å². The molecule has 2 aromatic carbocycles. The van der Waals surface area contributed by atoms with Gasteiger partial charge in [0.15, 0.2) is 11.0 Å². The van der Waals surface area contributed by atoms with Crippen LogP contribution in [0.25, 0.3) is 11.4 Å². The molecule has 5 nitrogen and oxygen atoms in total. The fraction of sp³-hybridized carbons (Fsp3) is 0.444. The van der Waals surface area contributed by atoms with Crippen molar-refractivity contribution < 1.29 is 4.79 Å². The predicted octanol–water partition coefficient (Wildman–Crippen LogP) is 6.15. The van der Waals surface area contributed by atoms with Gasteiger partial charge in [-0.05, 0) is 36.3 Å². The van der Waals surface area contributed by atoms with Crippen molar-refractivity contribution in [1.82, 2.24) is 20.1 Å². The predicted molar refractivity (Wildman–Crippen MR) is 135 cm³/mol. The second-order valence-corrected chi connectivity index (χ2v) is 11.2. The maximum atomic E-state index is 12.8. The van der Waals surface area contributed by atoms with E-state index in [2.05, 4.69) is 65.1 Å². The molecule has 0 bridgehead atoms. The zero-order valence-electron chi connectivity index (χ0n) is 20.0. The number of nitrogens with one attached hydrogen (secondary N) is 1. The number of benzene rings is 2. The summed E-state index contributed by atoms with van der Waals surface area (Å²) in [6.07, 6.45) is 4.71. The van der Waals surface area contributed by atoms with Gasteiger partial charge in [0.05, 0.1) is 5.25 Å². The minimum atomic E-state index is -0.255. The van der Waals surface area contributed by atoms with Crippen LogP contribution in [0.5, 0.6) is 0 Å². The molecule has 1 atom stereocenters. The summed E-state index contributed by atoms with van der Waals surface area (Å²) in [6, 6.07) is 19.1. The summed E-state index contributed by atoms with van der Waals surface area (Å²) in [4.78, 5) is 12.8. The summed E-state index contributed by atoms with van der Waals surface area (Å²) in [6.45, 7) is 9.15. The van der Waals surface area contributed by atoms with E-state index in [1.54, 1.807) is 0 Å². The van der Waals surface area contributed by atoms with E-state index in [1.807, 2.05) is 37.3 Å². The van der Waals surface area contributed by atoms with Crippen LogP contribution in [0, 0.1) is 0 Å². The highest BCUT2D eigenvalue weighted by molar-refractivity contribution is 8.00. The number of carbonyl (C=O) groups excluding carboxylic acids is 1. The number of thioether (sulfide) groups is 1. The first-order chi connectivity index (χ1) is 15.8. The largest absolute Gasteiger partial charge is 0.351 e. The zero-order valence-corrected chi connectivity index (χ0v) is 20.9. The minimum absolute atomic E-state index is 0.0147. The summed E-state index contributed by atoms with van der Waals surface area (Å²) < 4.78 is 2.28. The number of nitrogens with zero attached hydrogens (tertiary/aromatic N) is 3. The first-order valence-electron chi connectivity index (χ1n) is 11.9. The molecule has 33 heavy (non-hydrogen) atoms. The molecule has 0 aliphatic heterocycles. The third-order valence-corrected chi connectivity index (χ3v) is 7.38. The Labute approximate surface area is 201 Å². The van der Waals surface area contributed by atoms with Crippen molar-refractivity contribution in [3.63, 3.8) is 0 Å². The van der Waals surface area contributed by atoms with Gasteiger partial charge in [-0.3, -0.25) is 9.36 Å². The molecule has 0 unspecified atom stereocenters. The van der Waals surface area contributed by atoms with Gasteiger partial charge in [0.25, 0.3) is 0 Å². The standard InChI is InChI=1S/C27H34N4OS/c1-19(25(32)28-18-20-10-6-5-7-11-20)33-26-30-29-24(31(26)23-12-8-9-13-23)21-14-16-22(17-15-21)27(2,3)4/h5-7,10-11,14-17,19,23H,8-9,12-13,18H2,1-4H3,(H,28,32)/t19-/m0/s1. The second-order valence-electron chi connectivity index (χ2n) is 9.91. The number of aromatic nitrogens is 3. The molecule has 0 spiro atoms. The molecule has 0 radical (unpaired) electrons. The van der Waals surface area contributed by atoms with Crippen LogP contribution in [-0.2, 0) is 16.8 Å². The average Bonchev–Trinajstić information content (AvgIpc) is 3.47. The molecule has 6 heteroatoms. The van der Waals surface area contributed by atoms with Gasteiger partial charge in [-0.25, -0.2) is 0 Å². The van der Waals surface area contributed by atoms with Crippen LogP contribution in [0.3, 0.4) is 0 Å². The molecular weight excluding hydrogens is 428 g/mol. The summed E-state index contributed by atoms with van der Waals surface area (Å²) in [5.74, 6) is 0.919. The smallest absolute Gasteiger partial charge is 0.233 e. The van der Waals surface area contributed by atoms with Crippen molar-refractivity contribution in [3.05, 3.63) is 65.7 Å². The molecule has 0 saturated heterocycles. The normalized spacial score (nSPS) is 15.5. The van der Waals surface area contributed by atoms with E-state index >= 15 is 0 Å². The van der Waals surface area contributed by atoms with Crippen LogP contribution >= 0.6 is 11.8 Å². The van der Waals surface area contributed by atoms with Gasteiger partial charge in [0.1, 0.15) is 0 Å². The van der Waals surface area contributed by atoms with Gasteiger partial charge in [-0.15, -0.1) is 10.2 Å². The molecule has 1 aliphatic carbocycles. The second kappa shape index (κ2) is 10.1. The molecule has 174 valence electrons. The lowest BCUT2D eigenvalue weighted by Gasteiger charge is -2.20. The molecule has 1 fully saturated rings. The van der Waals surface area contributed by atoms with E-state index in [1.165, 1.54) is 30.2 Å². The van der Waals surface area contributed by atoms with E-state index in [0.29, 0.717) is 12.6 Å². The van der Waals surface area contributed by atoms with Gasteiger partial charge in [-0.2, -0.15) is 0 Å². The quantitative estimate of drug-likeness (QED) is 0.428. The lowest BCUT2D eigenvalue weighted by molar-refractivity contribution is -0.120. The van der Waals surface area contributed by atoms with Crippen molar-refractivity contribution in [2.45, 2.75) is 81.8 Å². The van der Waals surface area contributed by atoms with Crippen molar-refractivity contribution >= 4 is 17.7 Å². The molecule has 1 aromatic heterocycles. The van der Waals surface area contributed by atoms with Crippen molar-refractivity contribution in [2.24, 2.45) is 0 Å². The van der Waals surface area contributed by atoms with Gasteiger partial charge >= 0.3 is 0 Å². The Morgan fingerprint density at radius 1 is 1.06 bits per heavy atom. The van der Waals surface area contributed by atoms with Gasteiger partial charge < -0.3 is 5.32 Å². The Balaban J connectivity index is 1.53. The first kappa shape index (κ1) is 23.6. The van der Waals surface area contributed by atoms with Crippen molar-refractivity contribution in [3.8, 4) is 11.4 Å². The van der Waals surface area contributed by atoms with Crippen LogP contribution in [0.2, 0.25) is 0 Å². The van der Waals surface area contributed by atoms with Gasteiger partial charge in [-0.1, -0.05) is 100.0 Å². The lowest BCUT2D eigenvalue weighted by atomic mass is 9.86. The Hall–Kier alpha value is -2.60. The summed E-state index contributed by atoms with van der Waals surface area (Å²) in [5.41, 5.74) is 3.59. The summed E-state index contributed by atoms with van der Waals surface area (Å²) >= 11 is 1.50. The number of hydrogen-bond donors (Lipinski definition) is 1. The molecule has 1 saturated carbocycles. The maximum absolute atomic E-state index is 12.8. The lowest BCUT2D eigenvalue weighted by Crippen LogP contribution is -2.30. The first-order valence-corrected chi connectivity index (χ1v) is 12.7. The van der Waals surface area contributed by atoms with Crippen molar-refractivity contribution in [2.75, 3.05) is 0 Å². The number of carbonyl (C=O) groups is 1. The zero-order chi connectivity index (χ0) is 23.4. The van der Waals surface area contributed by atoms with Crippen LogP contribution in [0.4, 0.5) is 0 Å². The van der Waals surface area contributed by atoms with Crippen LogP contribution in [-0.4, -0.2) is 25.9 Å². The fourth-order valence-corrected chi connectivity index (χ4v) is 5.25. The highest BCUT2D eigenvalue weighted by atomic mass is 32.2. The molecule has 3 aromatic rings. The third-order valence-electron chi connectivity index (χ3n) is 6.32. The van der Waals surface area contributed by atoms with Crippen LogP contribution in [0.1, 0.15) is 70.5 Å². The Morgan fingerprint density at radius 2 is 1.73 bits per heavy atom. The minimum Gasteiger partial charge on any atom is -0.351 e.